The van der Waals surface area contributed by atoms with E-state index in [2.05, 4.69) is 10.1 Å². The monoisotopic (exact) mass is 330 g/mol. The van der Waals surface area contributed by atoms with Gasteiger partial charge in [0.2, 0.25) is 5.91 Å². The van der Waals surface area contributed by atoms with Crippen LogP contribution in [-0.4, -0.2) is 25.6 Å². The van der Waals surface area contributed by atoms with Crippen molar-refractivity contribution >= 4 is 5.91 Å². The Morgan fingerprint density at radius 3 is 2.52 bits per heavy atom. The third-order valence-corrected chi connectivity index (χ3v) is 5.26. The molecule has 124 valence electrons. The van der Waals surface area contributed by atoms with Gasteiger partial charge in [-0.3, -0.25) is 9.78 Å². The zero-order chi connectivity index (χ0) is 16.9. The van der Waals surface area contributed by atoms with Gasteiger partial charge in [0.15, 0.2) is 0 Å². The minimum Gasteiger partial charge on any atom is -0.331 e. The molecular weight excluding hydrogens is 312 g/mol. The number of hydrogen-bond acceptors (Lipinski definition) is 3. The molecule has 5 nitrogen and oxygen atoms in total. The summed E-state index contributed by atoms with van der Waals surface area (Å²) in [6.07, 6.45) is 5.44. The molecule has 5 rings (SSSR count). The highest BCUT2D eigenvalue weighted by Gasteiger charge is 2.54. The second-order valence-electron chi connectivity index (χ2n) is 6.82. The summed E-state index contributed by atoms with van der Waals surface area (Å²) >= 11 is 0. The van der Waals surface area contributed by atoms with Gasteiger partial charge in [-0.15, -0.1) is 0 Å². The maximum Gasteiger partial charge on any atom is 0.235 e. The Balaban J connectivity index is 1.43. The molecule has 1 saturated carbocycles. The summed E-state index contributed by atoms with van der Waals surface area (Å²) < 4.78 is 1.95. The molecule has 3 aromatic rings. The van der Waals surface area contributed by atoms with Gasteiger partial charge in [-0.2, -0.15) is 5.10 Å². The van der Waals surface area contributed by atoms with E-state index in [4.69, 9.17) is 0 Å². The van der Waals surface area contributed by atoms with Gasteiger partial charge in [-0.05, 0) is 37.1 Å². The Bertz CT molecular complexity index is 929. The van der Waals surface area contributed by atoms with Crippen molar-refractivity contribution in [1.29, 1.82) is 0 Å². The van der Waals surface area contributed by atoms with Gasteiger partial charge in [-0.25, -0.2) is 4.68 Å². The lowest BCUT2D eigenvalue weighted by molar-refractivity contribution is -0.134. The van der Waals surface area contributed by atoms with Crippen LogP contribution in [0.3, 0.4) is 0 Å². The molecule has 0 bridgehead atoms. The Labute approximate surface area is 145 Å². The molecule has 1 amide bonds. The number of benzene rings is 1. The van der Waals surface area contributed by atoms with Crippen molar-refractivity contribution in [3.05, 3.63) is 77.9 Å². The van der Waals surface area contributed by atoms with Crippen LogP contribution in [0.25, 0.3) is 5.69 Å². The smallest absolute Gasteiger partial charge is 0.235 e. The van der Waals surface area contributed by atoms with E-state index in [-0.39, 0.29) is 5.91 Å². The number of pyridine rings is 1. The summed E-state index contributed by atoms with van der Waals surface area (Å²) in [5.74, 6) is 0.196. The lowest BCUT2D eigenvalue weighted by atomic mass is 10.00. The minimum atomic E-state index is -0.407. The van der Waals surface area contributed by atoms with Crippen LogP contribution in [0, 0.1) is 0 Å². The van der Waals surface area contributed by atoms with Gasteiger partial charge in [0.25, 0.3) is 0 Å². The third kappa shape index (κ3) is 2.19. The zero-order valence-electron chi connectivity index (χ0n) is 13.8. The Morgan fingerprint density at radius 1 is 1.00 bits per heavy atom. The summed E-state index contributed by atoms with van der Waals surface area (Å²) in [5.41, 5.74) is 3.77. The summed E-state index contributed by atoms with van der Waals surface area (Å²) in [6, 6.07) is 15.9. The molecule has 1 fully saturated rings. The second-order valence-corrected chi connectivity index (χ2v) is 6.82. The SMILES string of the molecule is O=C(N1Cc2cnn(-c3ccccc3)c2C1)C1(c2ccccn2)CC1. The fourth-order valence-electron chi connectivity index (χ4n) is 3.74. The van der Waals surface area contributed by atoms with Gasteiger partial charge in [0.05, 0.1) is 35.2 Å². The lowest BCUT2D eigenvalue weighted by Gasteiger charge is -2.22. The van der Waals surface area contributed by atoms with Crippen molar-refractivity contribution in [1.82, 2.24) is 19.7 Å². The standard InChI is InChI=1S/C20H18N4O/c25-19(20(9-10-20)18-8-4-5-11-21-18)23-13-15-12-22-24(17(15)14-23)16-6-2-1-3-7-16/h1-8,11-12H,9-10,13-14H2. The predicted octanol–water partition coefficient (Wildman–Crippen LogP) is 2.84. The largest absolute Gasteiger partial charge is 0.331 e. The molecule has 1 aliphatic heterocycles. The topological polar surface area (TPSA) is 51.0 Å². The van der Waals surface area contributed by atoms with Crippen LogP contribution in [0.1, 0.15) is 29.8 Å². The number of carbonyl (C=O) groups excluding carboxylic acids is 1. The first-order valence-electron chi connectivity index (χ1n) is 8.60. The highest BCUT2D eigenvalue weighted by Crippen LogP contribution is 2.49. The Morgan fingerprint density at radius 2 is 1.80 bits per heavy atom. The summed E-state index contributed by atoms with van der Waals surface area (Å²) in [6.45, 7) is 1.24. The number of rotatable bonds is 3. The highest BCUT2D eigenvalue weighted by atomic mass is 16.2. The van der Waals surface area contributed by atoms with Crippen LogP contribution in [0.5, 0.6) is 0 Å². The first-order chi connectivity index (χ1) is 12.3. The van der Waals surface area contributed by atoms with E-state index in [0.717, 1.165) is 35.5 Å². The summed E-state index contributed by atoms with van der Waals surface area (Å²) in [7, 11) is 0. The second kappa shape index (κ2) is 5.28. The molecule has 2 aromatic heterocycles. The minimum absolute atomic E-state index is 0.196. The van der Waals surface area contributed by atoms with E-state index >= 15 is 0 Å². The van der Waals surface area contributed by atoms with Crippen LogP contribution in [0.2, 0.25) is 0 Å². The maximum atomic E-state index is 13.2. The maximum absolute atomic E-state index is 13.2. The number of amides is 1. The van der Waals surface area contributed by atoms with Crippen molar-refractivity contribution in [2.75, 3.05) is 0 Å². The molecule has 1 aromatic carbocycles. The third-order valence-electron chi connectivity index (χ3n) is 5.26. The number of fused-ring (bicyclic) bond motifs is 1. The van der Waals surface area contributed by atoms with Crippen LogP contribution in [0.15, 0.2) is 60.9 Å². The van der Waals surface area contributed by atoms with Crippen LogP contribution >= 0.6 is 0 Å². The van der Waals surface area contributed by atoms with Crippen molar-refractivity contribution in [2.24, 2.45) is 0 Å². The Kier molecular flexibility index (Phi) is 3.04. The average molecular weight is 330 g/mol. The van der Waals surface area contributed by atoms with E-state index in [1.54, 1.807) is 6.20 Å². The predicted molar refractivity (Wildman–Crippen MR) is 93.0 cm³/mol. The molecular formula is C20H18N4O. The van der Waals surface area contributed by atoms with E-state index in [1.165, 1.54) is 0 Å². The number of nitrogens with zero attached hydrogens (tertiary/aromatic N) is 4. The molecule has 25 heavy (non-hydrogen) atoms. The zero-order valence-corrected chi connectivity index (χ0v) is 13.8. The number of para-hydroxylation sites is 1. The molecule has 5 heteroatoms. The Hall–Kier alpha value is -2.95. The van der Waals surface area contributed by atoms with Gasteiger partial charge < -0.3 is 4.90 Å². The van der Waals surface area contributed by atoms with Crippen molar-refractivity contribution in [3.63, 3.8) is 0 Å². The van der Waals surface area contributed by atoms with Crippen LogP contribution in [0.4, 0.5) is 0 Å². The van der Waals surface area contributed by atoms with Gasteiger partial charge in [0.1, 0.15) is 0 Å². The molecule has 0 atom stereocenters. The van der Waals surface area contributed by atoms with Gasteiger partial charge in [0, 0.05) is 18.3 Å². The molecule has 0 spiro atoms. The van der Waals surface area contributed by atoms with Crippen molar-refractivity contribution < 1.29 is 4.79 Å². The average Bonchev–Trinajstić information content (AvgIpc) is 3.23. The fourth-order valence-corrected chi connectivity index (χ4v) is 3.74. The first kappa shape index (κ1) is 14.4. The molecule has 0 N–H and O–H groups in total. The molecule has 2 aliphatic rings. The van der Waals surface area contributed by atoms with Crippen molar-refractivity contribution in [3.8, 4) is 5.69 Å². The van der Waals surface area contributed by atoms with E-state index in [0.29, 0.717) is 13.1 Å². The normalized spacial score (nSPS) is 17.4. The van der Waals surface area contributed by atoms with Crippen LogP contribution < -0.4 is 0 Å². The molecule has 0 saturated heterocycles. The molecule has 0 unspecified atom stereocenters. The summed E-state index contributed by atoms with van der Waals surface area (Å²) in [4.78, 5) is 19.6. The quantitative estimate of drug-likeness (QED) is 0.742. The van der Waals surface area contributed by atoms with E-state index in [1.807, 2.05) is 64.3 Å². The highest BCUT2D eigenvalue weighted by molar-refractivity contribution is 5.91. The molecule has 3 heterocycles. The first-order valence-corrected chi connectivity index (χ1v) is 8.60. The fraction of sp³-hybridized carbons (Fsp3) is 0.250. The van der Waals surface area contributed by atoms with Gasteiger partial charge in [-0.1, -0.05) is 24.3 Å². The number of hydrogen-bond donors (Lipinski definition) is 0. The van der Waals surface area contributed by atoms with Crippen LogP contribution in [-0.2, 0) is 23.3 Å². The number of carbonyl (C=O) groups is 1. The van der Waals surface area contributed by atoms with E-state index in [9.17, 15) is 4.79 Å². The number of aromatic nitrogens is 3. The molecule has 0 radical (unpaired) electrons. The van der Waals surface area contributed by atoms with E-state index < -0.39 is 5.41 Å². The van der Waals surface area contributed by atoms with Gasteiger partial charge >= 0.3 is 0 Å². The summed E-state index contributed by atoms with van der Waals surface area (Å²) in [5, 5.41) is 4.50. The molecule has 1 aliphatic carbocycles. The van der Waals surface area contributed by atoms with Crippen molar-refractivity contribution in [2.45, 2.75) is 31.3 Å². The lowest BCUT2D eigenvalue weighted by Crippen LogP contribution is -2.36.